The zero-order valence-corrected chi connectivity index (χ0v) is 19.7. The summed E-state index contributed by atoms with van der Waals surface area (Å²) >= 11 is -0.162. The van der Waals surface area contributed by atoms with Crippen molar-refractivity contribution in [3.05, 3.63) is 46.5 Å². The first-order valence-electron chi connectivity index (χ1n) is 9.79. The third-order valence-corrected chi connectivity index (χ3v) is 7.15. The van der Waals surface area contributed by atoms with Crippen molar-refractivity contribution in [1.82, 2.24) is 0 Å². The standard InChI is InChI=1S/C24H34O2Se/c1-9-15-11-17(23(3,4)5)21(25)19(13-15)27-20-14-16(10-2)12-18(22(20)26)24(6,7)8/h11-14,25-26H,9-10H2,1-8H3. The van der Waals surface area contributed by atoms with Crippen LogP contribution in [-0.2, 0) is 23.7 Å². The van der Waals surface area contributed by atoms with E-state index in [1.54, 1.807) is 0 Å². The van der Waals surface area contributed by atoms with Crippen LogP contribution in [0.5, 0.6) is 11.5 Å². The first-order valence-corrected chi connectivity index (χ1v) is 11.5. The number of phenolic OH excluding ortho intramolecular Hbond substituents is 2. The Bertz CT molecular complexity index is 754. The van der Waals surface area contributed by atoms with E-state index in [-0.39, 0.29) is 25.8 Å². The number of rotatable bonds is 4. The Morgan fingerprint density at radius 3 is 1.26 bits per heavy atom. The quantitative estimate of drug-likeness (QED) is 0.699. The average Bonchev–Trinajstić information content (AvgIpc) is 2.56. The van der Waals surface area contributed by atoms with Crippen LogP contribution >= 0.6 is 0 Å². The molecule has 0 atom stereocenters. The molecule has 0 aliphatic rings. The van der Waals surface area contributed by atoms with Crippen LogP contribution in [-0.4, -0.2) is 25.2 Å². The van der Waals surface area contributed by atoms with Gasteiger partial charge >= 0.3 is 171 Å². The fourth-order valence-corrected chi connectivity index (χ4v) is 5.40. The van der Waals surface area contributed by atoms with Crippen LogP contribution in [0.15, 0.2) is 24.3 Å². The van der Waals surface area contributed by atoms with Gasteiger partial charge in [-0.25, -0.2) is 0 Å². The molecule has 0 aliphatic carbocycles. The van der Waals surface area contributed by atoms with Crippen molar-refractivity contribution in [3.63, 3.8) is 0 Å². The van der Waals surface area contributed by atoms with Crippen molar-refractivity contribution in [3.8, 4) is 11.5 Å². The van der Waals surface area contributed by atoms with Crippen LogP contribution in [0, 0.1) is 0 Å². The van der Waals surface area contributed by atoms with Gasteiger partial charge in [0.05, 0.1) is 0 Å². The predicted molar refractivity (Wildman–Crippen MR) is 117 cm³/mol. The molecular weight excluding hydrogens is 399 g/mol. The van der Waals surface area contributed by atoms with Gasteiger partial charge in [0.15, 0.2) is 0 Å². The summed E-state index contributed by atoms with van der Waals surface area (Å²) in [6.45, 7) is 17.1. The van der Waals surface area contributed by atoms with Gasteiger partial charge in [0.25, 0.3) is 0 Å². The molecule has 0 fully saturated rings. The summed E-state index contributed by atoms with van der Waals surface area (Å²) in [5.74, 6) is 0.775. The second-order valence-corrected chi connectivity index (χ2v) is 11.6. The summed E-state index contributed by atoms with van der Waals surface area (Å²) in [4.78, 5) is 0. The first-order chi connectivity index (χ1) is 12.4. The van der Waals surface area contributed by atoms with Crippen molar-refractivity contribution in [2.24, 2.45) is 0 Å². The van der Waals surface area contributed by atoms with Gasteiger partial charge in [-0.2, -0.15) is 0 Å². The summed E-state index contributed by atoms with van der Waals surface area (Å²) in [7, 11) is 0. The molecule has 0 bridgehead atoms. The molecule has 2 aromatic rings. The summed E-state index contributed by atoms with van der Waals surface area (Å²) in [5, 5.41) is 22.0. The molecule has 0 aliphatic heterocycles. The van der Waals surface area contributed by atoms with E-state index in [9.17, 15) is 10.2 Å². The maximum atomic E-state index is 11.0. The number of aryl methyl sites for hydroxylation is 2. The van der Waals surface area contributed by atoms with E-state index in [0.717, 1.165) is 32.9 Å². The van der Waals surface area contributed by atoms with Crippen molar-refractivity contribution in [2.45, 2.75) is 79.1 Å². The number of hydrogen-bond acceptors (Lipinski definition) is 2. The number of aromatic hydroxyl groups is 2. The Morgan fingerprint density at radius 1 is 0.667 bits per heavy atom. The Morgan fingerprint density at radius 2 is 1.00 bits per heavy atom. The summed E-state index contributed by atoms with van der Waals surface area (Å²) < 4.78 is 1.91. The van der Waals surface area contributed by atoms with Gasteiger partial charge in [-0.3, -0.25) is 0 Å². The van der Waals surface area contributed by atoms with Gasteiger partial charge in [0.2, 0.25) is 0 Å². The van der Waals surface area contributed by atoms with Crippen molar-refractivity contribution in [2.75, 3.05) is 0 Å². The minimum absolute atomic E-state index is 0.121. The molecule has 0 unspecified atom stereocenters. The molecule has 3 heteroatoms. The third kappa shape index (κ3) is 4.89. The Hall–Kier alpha value is -1.44. The molecule has 27 heavy (non-hydrogen) atoms. The van der Waals surface area contributed by atoms with E-state index in [2.05, 4.69) is 79.7 Å². The van der Waals surface area contributed by atoms with Gasteiger partial charge in [-0.1, -0.05) is 0 Å². The molecule has 2 nitrogen and oxygen atoms in total. The van der Waals surface area contributed by atoms with Crippen LogP contribution < -0.4 is 8.92 Å². The molecule has 2 aromatic carbocycles. The molecule has 2 N–H and O–H groups in total. The minimum atomic E-state index is -0.162. The molecule has 0 aromatic heterocycles. The summed E-state index contributed by atoms with van der Waals surface area (Å²) in [6, 6.07) is 8.47. The second-order valence-electron chi connectivity index (χ2n) is 9.29. The van der Waals surface area contributed by atoms with Crippen molar-refractivity contribution >= 4 is 23.9 Å². The van der Waals surface area contributed by atoms with E-state index < -0.39 is 0 Å². The molecular formula is C24H34O2Se. The topological polar surface area (TPSA) is 40.5 Å². The fourth-order valence-electron chi connectivity index (χ4n) is 3.16. The van der Waals surface area contributed by atoms with Crippen molar-refractivity contribution < 1.29 is 10.2 Å². The van der Waals surface area contributed by atoms with E-state index in [1.165, 1.54) is 11.1 Å². The number of phenols is 2. The summed E-state index contributed by atoms with van der Waals surface area (Å²) in [6.07, 6.45) is 1.86. The normalized spacial score (nSPS) is 12.4. The maximum absolute atomic E-state index is 11.0. The fraction of sp³-hybridized carbons (Fsp3) is 0.500. The first kappa shape index (κ1) is 21.9. The van der Waals surface area contributed by atoms with E-state index in [0.29, 0.717) is 11.5 Å². The van der Waals surface area contributed by atoms with Gasteiger partial charge in [-0.05, 0) is 0 Å². The second kappa shape index (κ2) is 7.89. The zero-order valence-electron chi connectivity index (χ0n) is 18.0. The zero-order chi connectivity index (χ0) is 20.6. The van der Waals surface area contributed by atoms with E-state index >= 15 is 0 Å². The molecule has 0 amide bonds. The molecule has 0 radical (unpaired) electrons. The van der Waals surface area contributed by atoms with Crippen LogP contribution in [0.25, 0.3) is 0 Å². The average molecular weight is 433 g/mol. The summed E-state index contributed by atoms with van der Waals surface area (Å²) in [5.41, 5.74) is 4.20. The van der Waals surface area contributed by atoms with Crippen LogP contribution in [0.1, 0.15) is 77.6 Å². The Kier molecular flexibility index (Phi) is 6.39. The van der Waals surface area contributed by atoms with Crippen molar-refractivity contribution in [1.29, 1.82) is 0 Å². The van der Waals surface area contributed by atoms with Gasteiger partial charge in [0, 0.05) is 0 Å². The van der Waals surface area contributed by atoms with Gasteiger partial charge in [-0.15, -0.1) is 0 Å². The van der Waals surface area contributed by atoms with Crippen LogP contribution in [0.3, 0.4) is 0 Å². The Balaban J connectivity index is 2.64. The monoisotopic (exact) mass is 434 g/mol. The molecule has 0 heterocycles. The molecule has 0 saturated carbocycles. The number of hydrogen-bond donors (Lipinski definition) is 2. The third-order valence-electron chi connectivity index (χ3n) is 4.92. The molecule has 0 spiro atoms. The number of benzene rings is 2. The molecule has 0 saturated heterocycles. The molecule has 148 valence electrons. The van der Waals surface area contributed by atoms with Crippen LogP contribution in [0.4, 0.5) is 0 Å². The van der Waals surface area contributed by atoms with Gasteiger partial charge < -0.3 is 0 Å². The predicted octanol–water partition coefficient (Wildman–Crippen LogP) is 4.47. The van der Waals surface area contributed by atoms with Gasteiger partial charge in [0.1, 0.15) is 0 Å². The van der Waals surface area contributed by atoms with E-state index in [1.807, 2.05) is 0 Å². The van der Waals surface area contributed by atoms with Crippen LogP contribution in [0.2, 0.25) is 0 Å². The SMILES string of the molecule is CCc1cc([Se]c2cc(CC)cc(C(C)(C)C)c2O)c(O)c(C(C)(C)C)c1. The molecule has 2 rings (SSSR count). The Labute approximate surface area is 171 Å². The van der Waals surface area contributed by atoms with E-state index in [4.69, 9.17) is 0 Å².